The number of benzene rings is 2. The monoisotopic (exact) mass is 522 g/mol. The number of nitrogens with one attached hydrogen (secondary N) is 2. The minimum atomic E-state index is 0.0960. The van der Waals surface area contributed by atoms with Gasteiger partial charge in [-0.15, -0.1) is 0 Å². The molecule has 0 bridgehead atoms. The summed E-state index contributed by atoms with van der Waals surface area (Å²) in [6, 6.07) is 16.2. The fourth-order valence-electron chi connectivity index (χ4n) is 4.77. The summed E-state index contributed by atoms with van der Waals surface area (Å²) >= 11 is 0. The van der Waals surface area contributed by atoms with Crippen LogP contribution in [-0.2, 0) is 9.59 Å². The topological polar surface area (TPSA) is 64.7 Å². The van der Waals surface area contributed by atoms with Crippen LogP contribution in [0.5, 0.6) is 0 Å². The van der Waals surface area contributed by atoms with E-state index in [1.807, 2.05) is 24.3 Å². The molecule has 2 aromatic rings. The van der Waals surface area contributed by atoms with Crippen LogP contribution in [0.25, 0.3) is 0 Å². The Morgan fingerprint density at radius 3 is 1.08 bits per heavy atom. The standard InChI is InChI=1S/C32H50N4O2/c1-5-35(6-2)29-23-19-27(20-24-29)33-31(37)17-15-13-11-9-10-12-14-16-18-32(38)34-28-21-25-30(26-22-28)36(7-3)8-4/h19-26H,5-18H2,1-4H3,(H,33,37)(H,34,38). The molecular weight excluding hydrogens is 472 g/mol. The number of carbonyl (C=O) groups excluding carboxylic acids is 2. The van der Waals surface area contributed by atoms with E-state index >= 15 is 0 Å². The lowest BCUT2D eigenvalue weighted by Crippen LogP contribution is -2.21. The van der Waals surface area contributed by atoms with Gasteiger partial charge in [0.2, 0.25) is 11.8 Å². The molecule has 2 N–H and O–H groups in total. The summed E-state index contributed by atoms with van der Waals surface area (Å²) < 4.78 is 0. The van der Waals surface area contributed by atoms with Crippen LogP contribution in [0.15, 0.2) is 48.5 Å². The Morgan fingerprint density at radius 1 is 0.500 bits per heavy atom. The molecule has 2 amide bonds. The average Bonchev–Trinajstić information content (AvgIpc) is 2.93. The summed E-state index contributed by atoms with van der Waals surface area (Å²) in [6.07, 6.45) is 9.90. The summed E-state index contributed by atoms with van der Waals surface area (Å²) in [5, 5.41) is 6.03. The van der Waals surface area contributed by atoms with Gasteiger partial charge in [0, 0.05) is 61.8 Å². The lowest BCUT2D eigenvalue weighted by molar-refractivity contribution is -0.117. The van der Waals surface area contributed by atoms with Crippen LogP contribution in [0, 0.1) is 0 Å². The Balaban J connectivity index is 1.47. The lowest BCUT2D eigenvalue weighted by Gasteiger charge is -2.21. The zero-order chi connectivity index (χ0) is 27.6. The van der Waals surface area contributed by atoms with Crippen molar-refractivity contribution in [2.24, 2.45) is 0 Å². The van der Waals surface area contributed by atoms with Gasteiger partial charge >= 0.3 is 0 Å². The van der Waals surface area contributed by atoms with E-state index in [1.165, 1.54) is 24.2 Å². The van der Waals surface area contributed by atoms with E-state index < -0.39 is 0 Å². The molecule has 6 heteroatoms. The van der Waals surface area contributed by atoms with E-state index in [0.717, 1.165) is 76.1 Å². The molecule has 2 aromatic carbocycles. The molecule has 210 valence electrons. The maximum Gasteiger partial charge on any atom is 0.224 e. The van der Waals surface area contributed by atoms with Gasteiger partial charge in [-0.1, -0.05) is 38.5 Å². The van der Waals surface area contributed by atoms with E-state index in [1.54, 1.807) is 0 Å². The van der Waals surface area contributed by atoms with E-state index in [2.05, 4.69) is 72.4 Å². The minimum Gasteiger partial charge on any atom is -0.372 e. The summed E-state index contributed by atoms with van der Waals surface area (Å²) in [5.74, 6) is 0.192. The molecule has 6 nitrogen and oxygen atoms in total. The van der Waals surface area contributed by atoms with Gasteiger partial charge in [0.25, 0.3) is 0 Å². The van der Waals surface area contributed by atoms with Gasteiger partial charge in [-0.25, -0.2) is 0 Å². The first-order chi connectivity index (χ1) is 18.5. The van der Waals surface area contributed by atoms with Crippen LogP contribution < -0.4 is 20.4 Å². The molecule has 0 aliphatic carbocycles. The number of nitrogens with zero attached hydrogens (tertiary/aromatic N) is 2. The maximum absolute atomic E-state index is 12.2. The predicted octanol–water partition coefficient (Wildman–Crippen LogP) is 7.86. The highest BCUT2D eigenvalue weighted by Crippen LogP contribution is 2.19. The summed E-state index contributed by atoms with van der Waals surface area (Å²) in [6.45, 7) is 12.5. The largest absolute Gasteiger partial charge is 0.372 e. The van der Waals surface area contributed by atoms with Crippen LogP contribution in [0.1, 0.15) is 91.9 Å². The van der Waals surface area contributed by atoms with Gasteiger partial charge in [0.1, 0.15) is 0 Å². The second kappa shape index (κ2) is 18.3. The number of rotatable bonds is 19. The van der Waals surface area contributed by atoms with E-state index in [9.17, 15) is 9.59 Å². The summed E-state index contributed by atoms with van der Waals surface area (Å²) in [4.78, 5) is 29.0. The molecule has 0 aromatic heterocycles. The van der Waals surface area contributed by atoms with Gasteiger partial charge in [0.05, 0.1) is 0 Å². The predicted molar refractivity (Wildman–Crippen MR) is 163 cm³/mol. The van der Waals surface area contributed by atoms with Crippen molar-refractivity contribution in [3.8, 4) is 0 Å². The molecular formula is C32H50N4O2. The summed E-state index contributed by atoms with van der Waals surface area (Å²) in [5.41, 5.74) is 4.11. The second-order valence-electron chi connectivity index (χ2n) is 9.86. The van der Waals surface area contributed by atoms with Crippen LogP contribution in [0.4, 0.5) is 22.7 Å². The van der Waals surface area contributed by atoms with E-state index in [0.29, 0.717) is 12.8 Å². The number of anilines is 4. The van der Waals surface area contributed by atoms with Crippen molar-refractivity contribution >= 4 is 34.6 Å². The number of carbonyl (C=O) groups is 2. The molecule has 0 unspecified atom stereocenters. The molecule has 0 fully saturated rings. The zero-order valence-electron chi connectivity index (χ0n) is 24.2. The van der Waals surface area contributed by atoms with Gasteiger partial charge in [0.15, 0.2) is 0 Å². The Labute approximate surface area is 231 Å². The van der Waals surface area contributed by atoms with Gasteiger partial charge in [-0.3, -0.25) is 9.59 Å². The first-order valence-electron chi connectivity index (χ1n) is 14.8. The Kier molecular flexibility index (Phi) is 15.0. The third-order valence-electron chi connectivity index (χ3n) is 7.12. The fraction of sp³-hybridized carbons (Fsp3) is 0.562. The average molecular weight is 523 g/mol. The number of hydrogen-bond donors (Lipinski definition) is 2. The van der Waals surface area contributed by atoms with Crippen LogP contribution in [-0.4, -0.2) is 38.0 Å². The van der Waals surface area contributed by atoms with Crippen molar-refractivity contribution in [1.82, 2.24) is 0 Å². The zero-order valence-corrected chi connectivity index (χ0v) is 24.2. The summed E-state index contributed by atoms with van der Waals surface area (Å²) in [7, 11) is 0. The van der Waals surface area contributed by atoms with Crippen molar-refractivity contribution in [3.63, 3.8) is 0 Å². The molecule has 0 spiro atoms. The first kappa shape index (κ1) is 31.2. The third kappa shape index (κ3) is 11.6. The molecule has 0 saturated heterocycles. The Hall–Kier alpha value is -3.02. The van der Waals surface area contributed by atoms with Gasteiger partial charge < -0.3 is 20.4 Å². The van der Waals surface area contributed by atoms with Gasteiger partial charge in [-0.05, 0) is 89.1 Å². The third-order valence-corrected chi connectivity index (χ3v) is 7.12. The molecule has 0 atom stereocenters. The molecule has 0 aliphatic heterocycles. The van der Waals surface area contributed by atoms with Crippen LogP contribution in [0.3, 0.4) is 0 Å². The van der Waals surface area contributed by atoms with Crippen molar-refractivity contribution in [3.05, 3.63) is 48.5 Å². The van der Waals surface area contributed by atoms with Crippen molar-refractivity contribution in [2.45, 2.75) is 91.9 Å². The number of unbranched alkanes of at least 4 members (excludes halogenated alkanes) is 7. The second-order valence-corrected chi connectivity index (χ2v) is 9.86. The highest BCUT2D eigenvalue weighted by atomic mass is 16.2. The van der Waals surface area contributed by atoms with E-state index in [4.69, 9.17) is 0 Å². The van der Waals surface area contributed by atoms with Crippen LogP contribution in [0.2, 0.25) is 0 Å². The smallest absolute Gasteiger partial charge is 0.224 e. The molecule has 0 heterocycles. The normalized spacial score (nSPS) is 10.7. The molecule has 0 saturated carbocycles. The Morgan fingerprint density at radius 2 is 0.789 bits per heavy atom. The molecule has 0 radical (unpaired) electrons. The number of hydrogen-bond acceptors (Lipinski definition) is 4. The highest BCUT2D eigenvalue weighted by Gasteiger charge is 2.06. The Bertz CT molecular complexity index is 842. The van der Waals surface area contributed by atoms with Crippen molar-refractivity contribution in [1.29, 1.82) is 0 Å². The van der Waals surface area contributed by atoms with Crippen molar-refractivity contribution < 1.29 is 9.59 Å². The van der Waals surface area contributed by atoms with Gasteiger partial charge in [-0.2, -0.15) is 0 Å². The first-order valence-corrected chi connectivity index (χ1v) is 14.8. The highest BCUT2D eigenvalue weighted by molar-refractivity contribution is 5.91. The lowest BCUT2D eigenvalue weighted by atomic mass is 10.1. The maximum atomic E-state index is 12.2. The fourth-order valence-corrected chi connectivity index (χ4v) is 4.77. The van der Waals surface area contributed by atoms with E-state index in [-0.39, 0.29) is 11.8 Å². The SMILES string of the molecule is CCN(CC)c1ccc(NC(=O)CCCCCCCCCCC(=O)Nc2ccc(N(CC)CC)cc2)cc1. The van der Waals surface area contributed by atoms with Crippen molar-refractivity contribution in [2.75, 3.05) is 46.6 Å². The van der Waals surface area contributed by atoms with Crippen LogP contribution >= 0.6 is 0 Å². The molecule has 0 aliphatic rings. The molecule has 2 rings (SSSR count). The molecule has 38 heavy (non-hydrogen) atoms. The minimum absolute atomic E-state index is 0.0960. The quantitative estimate of drug-likeness (QED) is 0.184. The number of amides is 2.